The van der Waals surface area contributed by atoms with Crippen molar-refractivity contribution in [3.63, 3.8) is 0 Å². The molecular formula is C19H14N4O3S3. The Morgan fingerprint density at radius 1 is 0.931 bits per heavy atom. The second-order valence-corrected chi connectivity index (χ2v) is 9.54. The minimum absolute atomic E-state index is 0.229. The molecule has 0 saturated heterocycles. The van der Waals surface area contributed by atoms with Crippen molar-refractivity contribution in [1.29, 1.82) is 0 Å². The van der Waals surface area contributed by atoms with E-state index >= 15 is 0 Å². The second-order valence-electron chi connectivity index (χ2n) is 5.82. The smallest absolute Gasteiger partial charge is 0.271 e. The number of hydrogen-bond donors (Lipinski definition) is 2. The molecule has 2 N–H and O–H groups in total. The maximum absolute atomic E-state index is 12.4. The lowest BCUT2D eigenvalue weighted by atomic mass is 10.2. The summed E-state index contributed by atoms with van der Waals surface area (Å²) in [7, 11) is -3.62. The van der Waals surface area contributed by atoms with Gasteiger partial charge in [-0.05, 0) is 47.8 Å². The largest absolute Gasteiger partial charge is 0.298 e. The summed E-state index contributed by atoms with van der Waals surface area (Å²) in [6, 6.07) is 14.9. The van der Waals surface area contributed by atoms with Crippen LogP contribution in [0.5, 0.6) is 0 Å². The molecule has 0 fully saturated rings. The monoisotopic (exact) mass is 442 g/mol. The number of pyridine rings is 1. The van der Waals surface area contributed by atoms with Crippen LogP contribution in [0.15, 0.2) is 75.8 Å². The number of nitrogens with one attached hydrogen (secondary N) is 2. The number of carbonyl (C=O) groups excluding carboxylic acids is 1. The number of benzene rings is 1. The first-order valence-corrected chi connectivity index (χ1v) is 11.6. The average molecular weight is 443 g/mol. The van der Waals surface area contributed by atoms with Gasteiger partial charge < -0.3 is 0 Å². The molecule has 0 aliphatic heterocycles. The molecule has 3 heterocycles. The van der Waals surface area contributed by atoms with Crippen LogP contribution in [0.1, 0.15) is 10.4 Å². The highest BCUT2D eigenvalue weighted by Crippen LogP contribution is 2.24. The van der Waals surface area contributed by atoms with E-state index in [0.717, 1.165) is 17.0 Å². The molecule has 0 atom stereocenters. The van der Waals surface area contributed by atoms with Crippen molar-refractivity contribution >= 4 is 49.4 Å². The Balaban J connectivity index is 1.43. The van der Waals surface area contributed by atoms with Crippen LogP contribution in [0.4, 0.5) is 10.8 Å². The number of aromatic nitrogens is 2. The maximum atomic E-state index is 12.4. The third-order valence-corrected chi connectivity index (χ3v) is 7.35. The van der Waals surface area contributed by atoms with E-state index in [0.29, 0.717) is 22.1 Å². The normalized spacial score (nSPS) is 11.2. The third-order valence-electron chi connectivity index (χ3n) is 3.81. The Morgan fingerprint density at radius 2 is 1.76 bits per heavy atom. The third kappa shape index (κ3) is 4.50. The number of amides is 1. The molecule has 0 aliphatic carbocycles. The summed E-state index contributed by atoms with van der Waals surface area (Å²) in [6.45, 7) is 0. The first-order valence-electron chi connectivity index (χ1n) is 8.36. The fraction of sp³-hybridized carbons (Fsp3) is 0. The molecule has 0 spiro atoms. The molecule has 4 rings (SSSR count). The number of carbonyl (C=O) groups is 1. The van der Waals surface area contributed by atoms with E-state index in [9.17, 15) is 13.2 Å². The molecule has 29 heavy (non-hydrogen) atoms. The van der Waals surface area contributed by atoms with E-state index in [1.165, 1.54) is 17.4 Å². The number of anilines is 2. The van der Waals surface area contributed by atoms with Crippen molar-refractivity contribution in [1.82, 2.24) is 9.97 Å². The molecule has 146 valence electrons. The predicted octanol–water partition coefficient (Wildman–Crippen LogP) is 4.32. The average Bonchev–Trinajstić information content (AvgIpc) is 3.42. The Bertz CT molecular complexity index is 1220. The molecule has 1 amide bonds. The van der Waals surface area contributed by atoms with Crippen molar-refractivity contribution in [2.75, 3.05) is 10.0 Å². The number of thiazole rings is 1. The Kier molecular flexibility index (Phi) is 5.38. The molecule has 0 saturated carbocycles. The van der Waals surface area contributed by atoms with E-state index in [4.69, 9.17) is 0 Å². The summed E-state index contributed by atoms with van der Waals surface area (Å²) in [5.74, 6) is -0.334. The molecule has 0 aliphatic rings. The highest BCUT2D eigenvalue weighted by molar-refractivity contribution is 7.94. The van der Waals surface area contributed by atoms with Crippen LogP contribution in [0.2, 0.25) is 0 Å². The molecule has 7 nitrogen and oxygen atoms in total. The van der Waals surface area contributed by atoms with Crippen LogP contribution in [0.25, 0.3) is 11.4 Å². The van der Waals surface area contributed by atoms with Gasteiger partial charge in [0.1, 0.15) is 9.90 Å². The number of thiophene rings is 1. The van der Waals surface area contributed by atoms with Crippen molar-refractivity contribution in [2.45, 2.75) is 4.21 Å². The molecule has 0 bridgehead atoms. The Labute approximate surface area is 175 Å². The SMILES string of the molecule is O=C(Nc1nc(-c2ccccn2)cs1)c1ccc(NS(=O)(=O)c2cccs2)cc1. The van der Waals surface area contributed by atoms with Gasteiger partial charge in [-0.3, -0.25) is 19.8 Å². The molecule has 0 unspecified atom stereocenters. The van der Waals surface area contributed by atoms with Gasteiger partial charge in [0.25, 0.3) is 15.9 Å². The first kappa shape index (κ1) is 19.2. The van der Waals surface area contributed by atoms with Gasteiger partial charge in [0.2, 0.25) is 0 Å². The minimum Gasteiger partial charge on any atom is -0.298 e. The van der Waals surface area contributed by atoms with Crippen LogP contribution in [-0.4, -0.2) is 24.3 Å². The Hall–Kier alpha value is -3.08. The number of sulfonamides is 1. The lowest BCUT2D eigenvalue weighted by Crippen LogP contribution is -2.13. The topological polar surface area (TPSA) is 101 Å². The molecule has 3 aromatic heterocycles. The predicted molar refractivity (Wildman–Crippen MR) is 115 cm³/mol. The maximum Gasteiger partial charge on any atom is 0.271 e. The summed E-state index contributed by atoms with van der Waals surface area (Å²) in [6.07, 6.45) is 1.68. The zero-order valence-corrected chi connectivity index (χ0v) is 17.2. The van der Waals surface area contributed by atoms with Crippen LogP contribution < -0.4 is 10.0 Å². The van der Waals surface area contributed by atoms with Crippen molar-refractivity contribution in [2.24, 2.45) is 0 Å². The number of rotatable bonds is 6. The molecule has 1 aromatic carbocycles. The zero-order chi connectivity index (χ0) is 20.3. The van der Waals surface area contributed by atoms with E-state index < -0.39 is 10.0 Å². The summed E-state index contributed by atoms with van der Waals surface area (Å²) in [5, 5.41) is 6.71. The van der Waals surface area contributed by atoms with Gasteiger partial charge >= 0.3 is 0 Å². The van der Waals surface area contributed by atoms with Gasteiger partial charge in [0.05, 0.1) is 5.69 Å². The Morgan fingerprint density at radius 3 is 2.45 bits per heavy atom. The number of hydrogen-bond acceptors (Lipinski definition) is 7. The number of nitrogens with zero attached hydrogens (tertiary/aromatic N) is 2. The summed E-state index contributed by atoms with van der Waals surface area (Å²) < 4.78 is 27.2. The van der Waals surface area contributed by atoms with Gasteiger partial charge in [-0.15, -0.1) is 22.7 Å². The van der Waals surface area contributed by atoms with Gasteiger partial charge in [-0.25, -0.2) is 13.4 Å². The van der Waals surface area contributed by atoms with Crippen LogP contribution in [0.3, 0.4) is 0 Å². The van der Waals surface area contributed by atoms with Gasteiger partial charge in [-0.1, -0.05) is 12.1 Å². The lowest BCUT2D eigenvalue weighted by molar-refractivity contribution is 0.102. The fourth-order valence-corrected chi connectivity index (χ4v) is 5.19. The highest BCUT2D eigenvalue weighted by atomic mass is 32.2. The van der Waals surface area contributed by atoms with E-state index in [1.54, 1.807) is 41.9 Å². The zero-order valence-electron chi connectivity index (χ0n) is 14.8. The second kappa shape index (κ2) is 8.11. The standard InChI is InChI=1S/C19H14N4O3S3/c24-18(22-19-21-16(12-28-19)15-4-1-2-10-20-15)13-6-8-14(9-7-13)23-29(25,26)17-5-3-11-27-17/h1-12,23H,(H,21,22,24). The van der Waals surface area contributed by atoms with Gasteiger partial charge in [0.15, 0.2) is 5.13 Å². The van der Waals surface area contributed by atoms with E-state index in [2.05, 4.69) is 20.0 Å². The summed E-state index contributed by atoms with van der Waals surface area (Å²) in [5.41, 5.74) is 2.18. The molecule has 4 aromatic rings. The lowest BCUT2D eigenvalue weighted by Gasteiger charge is -2.07. The van der Waals surface area contributed by atoms with Gasteiger partial charge in [-0.2, -0.15) is 0 Å². The van der Waals surface area contributed by atoms with E-state index in [-0.39, 0.29) is 10.1 Å². The summed E-state index contributed by atoms with van der Waals surface area (Å²) >= 11 is 2.44. The van der Waals surface area contributed by atoms with Crippen LogP contribution in [-0.2, 0) is 10.0 Å². The van der Waals surface area contributed by atoms with E-state index in [1.807, 2.05) is 23.6 Å². The quantitative estimate of drug-likeness (QED) is 0.463. The van der Waals surface area contributed by atoms with Gasteiger partial charge in [0, 0.05) is 22.8 Å². The minimum atomic E-state index is -3.62. The highest BCUT2D eigenvalue weighted by Gasteiger charge is 2.16. The van der Waals surface area contributed by atoms with Crippen LogP contribution in [0, 0.1) is 0 Å². The van der Waals surface area contributed by atoms with Crippen LogP contribution >= 0.6 is 22.7 Å². The fourth-order valence-electron chi connectivity index (χ4n) is 2.44. The first-order chi connectivity index (χ1) is 14.0. The van der Waals surface area contributed by atoms with Crippen molar-refractivity contribution in [3.8, 4) is 11.4 Å². The van der Waals surface area contributed by atoms with Crippen molar-refractivity contribution < 1.29 is 13.2 Å². The molecule has 0 radical (unpaired) electrons. The summed E-state index contributed by atoms with van der Waals surface area (Å²) in [4.78, 5) is 21.1. The molecular weight excluding hydrogens is 428 g/mol. The van der Waals surface area contributed by atoms with Crippen molar-refractivity contribution in [3.05, 3.63) is 77.1 Å². The molecule has 10 heteroatoms.